The third kappa shape index (κ3) is 3.76. The largest absolute Gasteiger partial charge is 0.324 e. The van der Waals surface area contributed by atoms with Gasteiger partial charge in [-0.25, -0.2) is 0 Å². The monoisotopic (exact) mass is 264 g/mol. The highest BCUT2D eigenvalue weighted by Crippen LogP contribution is 2.20. The van der Waals surface area contributed by atoms with E-state index < -0.39 is 0 Å². The normalized spacial score (nSPS) is 8.77. The molecule has 0 aliphatic carbocycles. The van der Waals surface area contributed by atoms with Crippen LogP contribution in [-0.4, -0.2) is 12.5 Å². The van der Waals surface area contributed by atoms with Crippen molar-refractivity contribution in [3.8, 4) is 0 Å². The number of hydrogen-bond acceptors (Lipinski definition) is 2. The maximum Gasteiger partial charge on any atom is 0.238 e. The molecule has 0 aliphatic heterocycles. The second-order valence-corrected chi connectivity index (χ2v) is 3.09. The molecule has 0 unspecified atom stereocenters. The Morgan fingerprint density at radius 1 is 1.46 bits per heavy atom. The molecule has 0 fully saturated rings. The highest BCUT2D eigenvalue weighted by atomic mass is 79.9. The van der Waals surface area contributed by atoms with E-state index in [9.17, 15) is 4.79 Å². The zero-order valence-electron chi connectivity index (χ0n) is 6.79. The number of hydrogen-bond donors (Lipinski definition) is 2. The van der Waals surface area contributed by atoms with Crippen molar-refractivity contribution < 1.29 is 4.79 Å². The minimum Gasteiger partial charge on any atom is -0.324 e. The fourth-order valence-corrected chi connectivity index (χ4v) is 1.15. The van der Waals surface area contributed by atoms with Gasteiger partial charge in [0.1, 0.15) is 0 Å². The van der Waals surface area contributed by atoms with Crippen LogP contribution < -0.4 is 11.1 Å². The lowest BCUT2D eigenvalue weighted by Gasteiger charge is -2.04. The molecule has 3 nitrogen and oxygen atoms in total. The Kier molecular flexibility index (Phi) is 5.70. The Morgan fingerprint density at radius 2 is 2.08 bits per heavy atom. The van der Waals surface area contributed by atoms with Crippen LogP contribution in [0, 0.1) is 0 Å². The second kappa shape index (κ2) is 5.96. The van der Waals surface area contributed by atoms with E-state index in [4.69, 9.17) is 5.73 Å². The molecular weight excluding hydrogens is 255 g/mol. The van der Waals surface area contributed by atoms with Crippen LogP contribution in [0.5, 0.6) is 0 Å². The van der Waals surface area contributed by atoms with Crippen LogP contribution in [0.4, 0.5) is 5.69 Å². The lowest BCUT2D eigenvalue weighted by atomic mass is 10.3. The SMILES string of the molecule is Cl.NCC(=O)Nc1ccccc1Br. The van der Waals surface area contributed by atoms with Gasteiger partial charge in [-0.05, 0) is 28.1 Å². The predicted molar refractivity (Wildman–Crippen MR) is 59.1 cm³/mol. The van der Waals surface area contributed by atoms with E-state index in [0.717, 1.165) is 10.2 Å². The van der Waals surface area contributed by atoms with Crippen molar-refractivity contribution in [2.24, 2.45) is 5.73 Å². The van der Waals surface area contributed by atoms with Gasteiger partial charge in [-0.3, -0.25) is 4.79 Å². The fraction of sp³-hybridized carbons (Fsp3) is 0.125. The second-order valence-electron chi connectivity index (χ2n) is 2.23. The van der Waals surface area contributed by atoms with Crippen LogP contribution in [0.2, 0.25) is 0 Å². The van der Waals surface area contributed by atoms with Gasteiger partial charge in [0, 0.05) is 4.47 Å². The Bertz CT molecular complexity index is 293. The molecule has 0 atom stereocenters. The summed E-state index contributed by atoms with van der Waals surface area (Å²) in [5, 5.41) is 2.65. The summed E-state index contributed by atoms with van der Waals surface area (Å²) in [7, 11) is 0. The summed E-state index contributed by atoms with van der Waals surface area (Å²) in [5.41, 5.74) is 5.89. The number of carbonyl (C=O) groups excluding carboxylic acids is 1. The number of para-hydroxylation sites is 1. The van der Waals surface area contributed by atoms with Gasteiger partial charge in [-0.1, -0.05) is 12.1 Å². The molecule has 5 heteroatoms. The van der Waals surface area contributed by atoms with Crippen molar-refractivity contribution >= 4 is 39.9 Å². The minimum absolute atomic E-state index is 0. The summed E-state index contributed by atoms with van der Waals surface area (Å²) in [6.45, 7) is 0.00132. The Morgan fingerprint density at radius 3 is 2.62 bits per heavy atom. The maximum atomic E-state index is 10.9. The molecule has 1 rings (SSSR count). The molecule has 1 aromatic rings. The number of nitrogens with two attached hydrogens (primary N) is 1. The topological polar surface area (TPSA) is 55.1 Å². The van der Waals surface area contributed by atoms with Gasteiger partial charge >= 0.3 is 0 Å². The van der Waals surface area contributed by atoms with E-state index in [2.05, 4.69) is 21.2 Å². The molecule has 13 heavy (non-hydrogen) atoms. The zero-order valence-corrected chi connectivity index (χ0v) is 9.19. The predicted octanol–water partition coefficient (Wildman–Crippen LogP) is 1.77. The number of nitrogens with one attached hydrogen (secondary N) is 1. The third-order valence-electron chi connectivity index (χ3n) is 1.33. The Balaban J connectivity index is 0.00000144. The Labute approximate surface area is 91.2 Å². The molecule has 0 saturated heterocycles. The number of benzene rings is 1. The first-order valence-corrected chi connectivity index (χ1v) is 4.28. The summed E-state index contributed by atoms with van der Waals surface area (Å²) < 4.78 is 0.854. The highest BCUT2D eigenvalue weighted by Gasteiger charge is 2.01. The highest BCUT2D eigenvalue weighted by molar-refractivity contribution is 9.10. The standard InChI is InChI=1S/C8H9BrN2O.ClH/c9-6-3-1-2-4-7(6)11-8(12)5-10;/h1-4H,5,10H2,(H,11,12);1H. The summed E-state index contributed by atoms with van der Waals surface area (Å²) >= 11 is 3.30. The van der Waals surface area contributed by atoms with E-state index in [-0.39, 0.29) is 24.9 Å². The van der Waals surface area contributed by atoms with Crippen LogP contribution in [0.15, 0.2) is 28.7 Å². The third-order valence-corrected chi connectivity index (χ3v) is 2.02. The summed E-state index contributed by atoms with van der Waals surface area (Å²) in [4.78, 5) is 10.9. The lowest BCUT2D eigenvalue weighted by molar-refractivity contribution is -0.114. The Hall–Kier alpha value is -0.580. The molecule has 0 saturated carbocycles. The molecule has 0 aliphatic rings. The lowest BCUT2D eigenvalue weighted by Crippen LogP contribution is -2.21. The number of carbonyl (C=O) groups is 1. The summed E-state index contributed by atoms with van der Waals surface area (Å²) in [6, 6.07) is 7.38. The van der Waals surface area contributed by atoms with E-state index in [1.165, 1.54) is 0 Å². The number of anilines is 1. The first kappa shape index (κ1) is 12.4. The molecule has 3 N–H and O–H groups in total. The van der Waals surface area contributed by atoms with E-state index in [1.807, 2.05) is 18.2 Å². The smallest absolute Gasteiger partial charge is 0.238 e. The first-order valence-electron chi connectivity index (χ1n) is 3.48. The average Bonchev–Trinajstić information content (AvgIpc) is 2.09. The molecule has 0 heterocycles. The number of halogens is 2. The molecule has 0 aromatic heterocycles. The number of rotatable bonds is 2. The maximum absolute atomic E-state index is 10.9. The quantitative estimate of drug-likeness (QED) is 0.856. The van der Waals surface area contributed by atoms with Crippen molar-refractivity contribution in [1.29, 1.82) is 0 Å². The van der Waals surface area contributed by atoms with Crippen molar-refractivity contribution in [3.05, 3.63) is 28.7 Å². The van der Waals surface area contributed by atoms with Crippen molar-refractivity contribution in [3.63, 3.8) is 0 Å². The van der Waals surface area contributed by atoms with Crippen molar-refractivity contribution in [2.45, 2.75) is 0 Å². The van der Waals surface area contributed by atoms with Gasteiger partial charge in [0.2, 0.25) is 5.91 Å². The summed E-state index contributed by atoms with van der Waals surface area (Å²) in [5.74, 6) is -0.193. The van der Waals surface area contributed by atoms with Gasteiger partial charge in [-0.2, -0.15) is 0 Å². The zero-order chi connectivity index (χ0) is 8.97. The van der Waals surface area contributed by atoms with E-state index >= 15 is 0 Å². The molecular formula is C8H10BrClN2O. The van der Waals surface area contributed by atoms with Crippen LogP contribution in [0.25, 0.3) is 0 Å². The van der Waals surface area contributed by atoms with Gasteiger partial charge in [-0.15, -0.1) is 12.4 Å². The van der Waals surface area contributed by atoms with Crippen LogP contribution in [-0.2, 0) is 4.79 Å². The average molecular weight is 266 g/mol. The number of amides is 1. The molecule has 1 amide bonds. The molecule has 0 spiro atoms. The van der Waals surface area contributed by atoms with Gasteiger partial charge in [0.15, 0.2) is 0 Å². The minimum atomic E-state index is -0.193. The van der Waals surface area contributed by atoms with E-state index in [0.29, 0.717) is 0 Å². The molecule has 72 valence electrons. The van der Waals surface area contributed by atoms with Gasteiger partial charge < -0.3 is 11.1 Å². The van der Waals surface area contributed by atoms with Crippen LogP contribution in [0.1, 0.15) is 0 Å². The van der Waals surface area contributed by atoms with Gasteiger partial charge in [0.05, 0.1) is 12.2 Å². The van der Waals surface area contributed by atoms with Crippen molar-refractivity contribution in [1.82, 2.24) is 0 Å². The van der Waals surface area contributed by atoms with Crippen LogP contribution >= 0.6 is 28.3 Å². The van der Waals surface area contributed by atoms with Gasteiger partial charge in [0.25, 0.3) is 0 Å². The first-order chi connectivity index (χ1) is 5.74. The summed E-state index contributed by atoms with van der Waals surface area (Å²) in [6.07, 6.45) is 0. The van der Waals surface area contributed by atoms with Crippen molar-refractivity contribution in [2.75, 3.05) is 11.9 Å². The molecule has 0 radical (unpaired) electrons. The molecule has 1 aromatic carbocycles. The molecule has 0 bridgehead atoms. The van der Waals surface area contributed by atoms with Crippen LogP contribution in [0.3, 0.4) is 0 Å². The fourth-order valence-electron chi connectivity index (χ4n) is 0.764. The van der Waals surface area contributed by atoms with E-state index in [1.54, 1.807) is 6.07 Å².